The maximum atomic E-state index is 9.60. The highest BCUT2D eigenvalue weighted by molar-refractivity contribution is 6.36. The largest absolute Gasteiger partial charge is 0.383 e. The molecule has 2 aromatic carbocycles. The zero-order valence-corrected chi connectivity index (χ0v) is 14.9. The number of rotatable bonds is 2. The number of anilines is 1. The lowest BCUT2D eigenvalue weighted by atomic mass is 9.98. The molecule has 3 N–H and O–H groups in total. The average Bonchev–Trinajstić information content (AvgIpc) is 3.05. The number of pyridine rings is 1. The summed E-state index contributed by atoms with van der Waals surface area (Å²) in [6, 6.07) is 17.1. The number of aromatic amines is 1. The summed E-state index contributed by atoms with van der Waals surface area (Å²) >= 11 is 12.3. The van der Waals surface area contributed by atoms with Crippen molar-refractivity contribution in [1.29, 1.82) is 5.26 Å². The van der Waals surface area contributed by atoms with E-state index >= 15 is 0 Å². The molecule has 0 saturated heterocycles. The SMILES string of the molecule is N#Cc1c(-c2c[nH]c3ccccc23)cc(-c2ccc(Cl)cc2Cl)nc1N. The quantitative estimate of drug-likeness (QED) is 0.472. The van der Waals surface area contributed by atoms with E-state index in [1.807, 2.05) is 36.5 Å². The van der Waals surface area contributed by atoms with Gasteiger partial charge in [0.15, 0.2) is 0 Å². The molecule has 0 radical (unpaired) electrons. The van der Waals surface area contributed by atoms with Crippen LogP contribution in [0.1, 0.15) is 5.56 Å². The van der Waals surface area contributed by atoms with E-state index in [1.165, 1.54) is 0 Å². The van der Waals surface area contributed by atoms with E-state index in [4.69, 9.17) is 28.9 Å². The summed E-state index contributed by atoms with van der Waals surface area (Å²) in [6.45, 7) is 0. The Labute approximate surface area is 159 Å². The molecule has 126 valence electrons. The Morgan fingerprint density at radius 2 is 1.81 bits per heavy atom. The molecule has 6 heteroatoms. The Hall–Kier alpha value is -3.00. The first-order chi connectivity index (χ1) is 12.6. The molecule has 0 aliphatic heterocycles. The summed E-state index contributed by atoms with van der Waals surface area (Å²) in [5.74, 6) is 0.163. The van der Waals surface area contributed by atoms with Crippen LogP contribution in [0.5, 0.6) is 0 Å². The number of benzene rings is 2. The summed E-state index contributed by atoms with van der Waals surface area (Å²) < 4.78 is 0. The molecular weight excluding hydrogens is 367 g/mol. The molecule has 0 saturated carbocycles. The molecule has 2 heterocycles. The molecule has 0 aliphatic rings. The van der Waals surface area contributed by atoms with Crippen LogP contribution in [0.15, 0.2) is 54.7 Å². The molecule has 0 amide bonds. The number of nitrogens with two attached hydrogens (primary N) is 1. The van der Waals surface area contributed by atoms with Crippen LogP contribution in [-0.2, 0) is 0 Å². The van der Waals surface area contributed by atoms with Crippen molar-refractivity contribution in [2.45, 2.75) is 0 Å². The number of hydrogen-bond acceptors (Lipinski definition) is 3. The standard InChI is InChI=1S/C20H12Cl2N4/c21-11-5-6-13(17(22)7-11)19-8-14(15(9-23)20(24)26-19)16-10-25-18-4-2-1-3-12(16)18/h1-8,10,25H,(H2,24,26). The lowest BCUT2D eigenvalue weighted by Crippen LogP contribution is -1.99. The minimum atomic E-state index is 0.163. The van der Waals surface area contributed by atoms with E-state index in [1.54, 1.807) is 18.2 Å². The number of nitriles is 1. The smallest absolute Gasteiger partial charge is 0.142 e. The molecule has 26 heavy (non-hydrogen) atoms. The number of nitrogen functional groups attached to an aromatic ring is 1. The molecule has 0 fully saturated rings. The van der Waals surface area contributed by atoms with Gasteiger partial charge in [0.25, 0.3) is 0 Å². The van der Waals surface area contributed by atoms with E-state index < -0.39 is 0 Å². The van der Waals surface area contributed by atoms with Crippen LogP contribution in [-0.4, -0.2) is 9.97 Å². The predicted octanol–water partition coefficient (Wildman–Crippen LogP) is 5.66. The van der Waals surface area contributed by atoms with Crippen molar-refractivity contribution >= 4 is 39.9 Å². The zero-order valence-electron chi connectivity index (χ0n) is 13.4. The van der Waals surface area contributed by atoms with E-state index in [0.717, 1.165) is 16.5 Å². The predicted molar refractivity (Wildman–Crippen MR) is 106 cm³/mol. The van der Waals surface area contributed by atoms with Crippen LogP contribution in [0.4, 0.5) is 5.82 Å². The van der Waals surface area contributed by atoms with Gasteiger partial charge < -0.3 is 10.7 Å². The van der Waals surface area contributed by atoms with Crippen molar-refractivity contribution in [3.63, 3.8) is 0 Å². The highest BCUT2D eigenvalue weighted by Crippen LogP contribution is 2.37. The summed E-state index contributed by atoms with van der Waals surface area (Å²) in [6.07, 6.45) is 1.87. The minimum Gasteiger partial charge on any atom is -0.383 e. The Bertz CT molecular complexity index is 1190. The van der Waals surface area contributed by atoms with Crippen molar-refractivity contribution in [1.82, 2.24) is 9.97 Å². The van der Waals surface area contributed by atoms with E-state index in [-0.39, 0.29) is 5.82 Å². The molecule has 0 spiro atoms. The monoisotopic (exact) mass is 378 g/mol. The van der Waals surface area contributed by atoms with Crippen LogP contribution in [0, 0.1) is 11.3 Å². The first-order valence-electron chi connectivity index (χ1n) is 7.81. The Balaban J connectivity index is 2.00. The summed E-state index contributed by atoms with van der Waals surface area (Å²) in [4.78, 5) is 7.59. The van der Waals surface area contributed by atoms with Gasteiger partial charge in [0.1, 0.15) is 17.5 Å². The van der Waals surface area contributed by atoms with Gasteiger partial charge in [-0.2, -0.15) is 5.26 Å². The Morgan fingerprint density at radius 1 is 1.00 bits per heavy atom. The summed E-state index contributed by atoms with van der Waals surface area (Å²) in [7, 11) is 0. The minimum absolute atomic E-state index is 0.163. The molecule has 4 rings (SSSR count). The van der Waals surface area contributed by atoms with E-state index in [0.29, 0.717) is 32.4 Å². The van der Waals surface area contributed by atoms with Gasteiger partial charge in [-0.1, -0.05) is 41.4 Å². The van der Waals surface area contributed by atoms with Gasteiger partial charge in [-0.25, -0.2) is 4.98 Å². The molecule has 4 aromatic rings. The average molecular weight is 379 g/mol. The van der Waals surface area contributed by atoms with Crippen molar-refractivity contribution in [2.75, 3.05) is 5.73 Å². The van der Waals surface area contributed by atoms with Crippen molar-refractivity contribution in [2.24, 2.45) is 0 Å². The van der Waals surface area contributed by atoms with Crippen LogP contribution < -0.4 is 5.73 Å². The number of nitrogens with one attached hydrogen (secondary N) is 1. The molecular formula is C20H12Cl2N4. The van der Waals surface area contributed by atoms with Gasteiger partial charge in [-0.3, -0.25) is 0 Å². The fourth-order valence-electron chi connectivity index (χ4n) is 3.02. The second-order valence-electron chi connectivity index (χ2n) is 5.80. The number of hydrogen-bond donors (Lipinski definition) is 2. The molecule has 2 aromatic heterocycles. The second-order valence-corrected chi connectivity index (χ2v) is 6.64. The van der Waals surface area contributed by atoms with E-state index in [9.17, 15) is 5.26 Å². The second kappa shape index (κ2) is 6.38. The van der Waals surface area contributed by atoms with Crippen molar-refractivity contribution in [3.8, 4) is 28.5 Å². The third kappa shape index (κ3) is 2.68. The normalized spacial score (nSPS) is 10.8. The van der Waals surface area contributed by atoms with Crippen molar-refractivity contribution in [3.05, 3.63) is 70.3 Å². The first kappa shape index (κ1) is 16.5. The summed E-state index contributed by atoms with van der Waals surface area (Å²) in [5.41, 5.74) is 10.3. The van der Waals surface area contributed by atoms with Gasteiger partial charge in [0.2, 0.25) is 0 Å². The maximum Gasteiger partial charge on any atom is 0.142 e. The van der Waals surface area contributed by atoms with Gasteiger partial charge in [-0.15, -0.1) is 0 Å². The third-order valence-electron chi connectivity index (χ3n) is 4.25. The molecule has 0 unspecified atom stereocenters. The molecule has 0 aliphatic carbocycles. The van der Waals surface area contributed by atoms with Gasteiger partial charge in [0, 0.05) is 38.8 Å². The molecule has 0 bridgehead atoms. The van der Waals surface area contributed by atoms with Crippen LogP contribution >= 0.6 is 23.2 Å². The first-order valence-corrected chi connectivity index (χ1v) is 8.56. The lowest BCUT2D eigenvalue weighted by molar-refractivity contribution is 1.31. The zero-order chi connectivity index (χ0) is 18.3. The van der Waals surface area contributed by atoms with Crippen LogP contribution in [0.3, 0.4) is 0 Å². The highest BCUT2D eigenvalue weighted by Gasteiger charge is 2.17. The van der Waals surface area contributed by atoms with Gasteiger partial charge >= 0.3 is 0 Å². The van der Waals surface area contributed by atoms with Gasteiger partial charge in [-0.05, 0) is 30.3 Å². The number of nitrogens with zero attached hydrogens (tertiary/aromatic N) is 2. The fourth-order valence-corrected chi connectivity index (χ4v) is 3.53. The number of aromatic nitrogens is 2. The third-order valence-corrected chi connectivity index (χ3v) is 4.79. The lowest BCUT2D eigenvalue weighted by Gasteiger charge is -2.11. The summed E-state index contributed by atoms with van der Waals surface area (Å²) in [5, 5.41) is 11.6. The topological polar surface area (TPSA) is 78.5 Å². The highest BCUT2D eigenvalue weighted by atomic mass is 35.5. The Morgan fingerprint density at radius 3 is 2.58 bits per heavy atom. The molecule has 0 atom stereocenters. The van der Waals surface area contributed by atoms with Gasteiger partial charge in [0.05, 0.1) is 10.7 Å². The number of halogens is 2. The molecule has 4 nitrogen and oxygen atoms in total. The number of H-pyrrole nitrogens is 1. The number of para-hydroxylation sites is 1. The fraction of sp³-hybridized carbons (Fsp3) is 0. The van der Waals surface area contributed by atoms with Crippen LogP contribution in [0.2, 0.25) is 10.0 Å². The number of fused-ring (bicyclic) bond motifs is 1. The maximum absolute atomic E-state index is 9.60. The van der Waals surface area contributed by atoms with E-state index in [2.05, 4.69) is 16.0 Å². The van der Waals surface area contributed by atoms with Crippen molar-refractivity contribution < 1.29 is 0 Å². The Kier molecular flexibility index (Phi) is 4.04. The van der Waals surface area contributed by atoms with Crippen LogP contribution in [0.25, 0.3) is 33.3 Å².